The third kappa shape index (κ3) is 3.65. The number of sulfonamides is 1. The second-order valence-corrected chi connectivity index (χ2v) is 6.43. The molecular formula is C11H15ClFNO3S. The Balaban J connectivity index is 3.13. The highest BCUT2D eigenvalue weighted by atomic mass is 35.5. The van der Waals surface area contributed by atoms with Crippen LogP contribution in [-0.4, -0.2) is 20.1 Å². The zero-order chi connectivity index (χ0) is 13.9. The van der Waals surface area contributed by atoms with E-state index in [1.807, 2.05) is 13.8 Å². The number of aliphatic hydroxyl groups is 1. The maximum absolute atomic E-state index is 13.4. The van der Waals surface area contributed by atoms with Crippen LogP contribution in [0.4, 0.5) is 4.39 Å². The van der Waals surface area contributed by atoms with E-state index in [4.69, 9.17) is 16.7 Å². The normalized spacial score (nSPS) is 12.1. The molecule has 0 aliphatic rings. The summed E-state index contributed by atoms with van der Waals surface area (Å²) in [6, 6.07) is 2.00. The third-order valence-electron chi connectivity index (χ3n) is 2.24. The first-order valence-electron chi connectivity index (χ1n) is 5.36. The van der Waals surface area contributed by atoms with Gasteiger partial charge in [-0.05, 0) is 18.1 Å². The summed E-state index contributed by atoms with van der Waals surface area (Å²) < 4.78 is 39.5. The molecule has 0 unspecified atom stereocenters. The molecule has 0 fully saturated rings. The van der Waals surface area contributed by atoms with Crippen molar-refractivity contribution in [1.29, 1.82) is 0 Å². The van der Waals surface area contributed by atoms with Crippen LogP contribution in [0.3, 0.4) is 0 Å². The minimum atomic E-state index is -3.79. The Bertz CT molecular complexity index is 531. The maximum atomic E-state index is 13.4. The zero-order valence-electron chi connectivity index (χ0n) is 10.1. The largest absolute Gasteiger partial charge is 0.392 e. The highest BCUT2D eigenvalue weighted by Gasteiger charge is 2.18. The van der Waals surface area contributed by atoms with E-state index >= 15 is 0 Å². The van der Waals surface area contributed by atoms with Gasteiger partial charge in [0.15, 0.2) is 0 Å². The Morgan fingerprint density at radius 1 is 1.44 bits per heavy atom. The zero-order valence-corrected chi connectivity index (χ0v) is 11.6. The molecule has 0 saturated heterocycles. The predicted octanol–water partition coefficient (Wildman–Crippen LogP) is 1.91. The van der Waals surface area contributed by atoms with Gasteiger partial charge < -0.3 is 5.11 Å². The summed E-state index contributed by atoms with van der Waals surface area (Å²) in [5.74, 6) is -0.734. The fraction of sp³-hybridized carbons (Fsp3) is 0.455. The quantitative estimate of drug-likeness (QED) is 0.872. The monoisotopic (exact) mass is 295 g/mol. The number of hydrogen-bond donors (Lipinski definition) is 2. The molecule has 0 bridgehead atoms. The molecule has 0 aliphatic carbocycles. The average Bonchev–Trinajstić information content (AvgIpc) is 2.30. The molecule has 1 rings (SSSR count). The van der Waals surface area contributed by atoms with Gasteiger partial charge in [0.1, 0.15) is 5.82 Å². The molecule has 2 N–H and O–H groups in total. The first kappa shape index (κ1) is 15.4. The van der Waals surface area contributed by atoms with Gasteiger partial charge in [-0.2, -0.15) is 0 Å². The van der Waals surface area contributed by atoms with Crippen LogP contribution in [-0.2, 0) is 16.6 Å². The molecule has 0 aliphatic heterocycles. The molecule has 4 nitrogen and oxygen atoms in total. The summed E-state index contributed by atoms with van der Waals surface area (Å²) >= 11 is 5.59. The first-order valence-corrected chi connectivity index (χ1v) is 7.22. The Hall–Kier alpha value is -0.690. The number of hydrogen-bond acceptors (Lipinski definition) is 3. The average molecular weight is 296 g/mol. The van der Waals surface area contributed by atoms with Crippen LogP contribution in [0.25, 0.3) is 0 Å². The summed E-state index contributed by atoms with van der Waals surface area (Å²) in [4.78, 5) is -0.242. The van der Waals surface area contributed by atoms with Gasteiger partial charge in [0, 0.05) is 12.1 Å². The highest BCUT2D eigenvalue weighted by Crippen LogP contribution is 2.24. The third-order valence-corrected chi connectivity index (χ3v) is 4.07. The van der Waals surface area contributed by atoms with Crippen molar-refractivity contribution < 1.29 is 17.9 Å². The summed E-state index contributed by atoms with van der Waals surface area (Å²) in [5.41, 5.74) is 0.0431. The van der Waals surface area contributed by atoms with Crippen LogP contribution in [0.1, 0.15) is 19.4 Å². The van der Waals surface area contributed by atoms with E-state index in [2.05, 4.69) is 4.72 Å². The SMILES string of the molecule is CC(C)CNS(=O)(=O)c1cc(F)c(Cl)c(CO)c1. The predicted molar refractivity (Wildman–Crippen MR) is 67.4 cm³/mol. The van der Waals surface area contributed by atoms with E-state index in [-0.39, 0.29) is 27.9 Å². The number of rotatable bonds is 5. The lowest BCUT2D eigenvalue weighted by Gasteiger charge is -2.11. The molecule has 1 aromatic carbocycles. The van der Waals surface area contributed by atoms with E-state index in [0.717, 1.165) is 12.1 Å². The van der Waals surface area contributed by atoms with Crippen molar-refractivity contribution >= 4 is 21.6 Å². The highest BCUT2D eigenvalue weighted by molar-refractivity contribution is 7.89. The van der Waals surface area contributed by atoms with Crippen molar-refractivity contribution in [2.45, 2.75) is 25.3 Å². The second-order valence-electron chi connectivity index (χ2n) is 4.28. The van der Waals surface area contributed by atoms with E-state index in [1.165, 1.54) is 0 Å². The summed E-state index contributed by atoms with van der Waals surface area (Å²) in [6.07, 6.45) is 0. The fourth-order valence-corrected chi connectivity index (χ4v) is 2.69. The van der Waals surface area contributed by atoms with Gasteiger partial charge in [-0.15, -0.1) is 0 Å². The molecule has 0 spiro atoms. The van der Waals surface area contributed by atoms with Crippen LogP contribution in [0.5, 0.6) is 0 Å². The van der Waals surface area contributed by atoms with Crippen molar-refractivity contribution in [3.63, 3.8) is 0 Å². The van der Waals surface area contributed by atoms with Gasteiger partial charge in [0.05, 0.1) is 16.5 Å². The number of aliphatic hydroxyl groups excluding tert-OH is 1. The Kier molecular flexibility index (Phi) is 5.10. The summed E-state index contributed by atoms with van der Waals surface area (Å²) in [5, 5.41) is 8.72. The second kappa shape index (κ2) is 5.97. The molecule has 0 heterocycles. The molecule has 7 heteroatoms. The van der Waals surface area contributed by atoms with Gasteiger partial charge in [0.25, 0.3) is 0 Å². The molecule has 0 aromatic heterocycles. The summed E-state index contributed by atoms with van der Waals surface area (Å²) in [7, 11) is -3.79. The van der Waals surface area contributed by atoms with Crippen molar-refractivity contribution in [3.8, 4) is 0 Å². The Morgan fingerprint density at radius 3 is 2.56 bits per heavy atom. The number of nitrogens with one attached hydrogen (secondary N) is 1. The van der Waals surface area contributed by atoms with E-state index in [1.54, 1.807) is 0 Å². The minimum Gasteiger partial charge on any atom is -0.392 e. The molecule has 0 saturated carbocycles. The summed E-state index contributed by atoms with van der Waals surface area (Å²) in [6.45, 7) is 3.43. The van der Waals surface area contributed by atoms with Gasteiger partial charge >= 0.3 is 0 Å². The first-order chi connectivity index (χ1) is 8.27. The van der Waals surface area contributed by atoms with Gasteiger partial charge in [-0.1, -0.05) is 25.4 Å². The lowest BCUT2D eigenvalue weighted by atomic mass is 10.2. The van der Waals surface area contributed by atoms with Crippen LogP contribution in [0.2, 0.25) is 5.02 Å². The van der Waals surface area contributed by atoms with Crippen LogP contribution >= 0.6 is 11.6 Å². The number of benzene rings is 1. The Morgan fingerprint density at radius 2 is 2.06 bits per heavy atom. The standard InChI is InChI=1S/C11H15ClFNO3S/c1-7(2)5-14-18(16,17)9-3-8(6-15)11(12)10(13)4-9/h3-4,7,14-15H,5-6H2,1-2H3. The van der Waals surface area contributed by atoms with Gasteiger partial charge in [0.2, 0.25) is 10.0 Å². The number of halogens is 2. The van der Waals surface area contributed by atoms with E-state index < -0.39 is 22.4 Å². The maximum Gasteiger partial charge on any atom is 0.240 e. The smallest absolute Gasteiger partial charge is 0.240 e. The lowest BCUT2D eigenvalue weighted by Crippen LogP contribution is -2.27. The van der Waals surface area contributed by atoms with Crippen LogP contribution in [0, 0.1) is 11.7 Å². The van der Waals surface area contributed by atoms with E-state index in [0.29, 0.717) is 0 Å². The molecule has 102 valence electrons. The molecule has 18 heavy (non-hydrogen) atoms. The van der Waals surface area contributed by atoms with Gasteiger partial charge in [-0.3, -0.25) is 0 Å². The minimum absolute atomic E-state index is 0.0431. The molecule has 1 aromatic rings. The van der Waals surface area contributed by atoms with Crippen LogP contribution < -0.4 is 4.72 Å². The Labute approximate surface area is 111 Å². The van der Waals surface area contributed by atoms with Gasteiger partial charge in [-0.25, -0.2) is 17.5 Å². The fourth-order valence-electron chi connectivity index (χ4n) is 1.25. The van der Waals surface area contributed by atoms with Crippen molar-refractivity contribution in [1.82, 2.24) is 4.72 Å². The topological polar surface area (TPSA) is 66.4 Å². The van der Waals surface area contributed by atoms with Crippen molar-refractivity contribution in [3.05, 3.63) is 28.5 Å². The van der Waals surface area contributed by atoms with Crippen molar-refractivity contribution in [2.75, 3.05) is 6.54 Å². The molecule has 0 amide bonds. The molecular weight excluding hydrogens is 281 g/mol. The van der Waals surface area contributed by atoms with Crippen LogP contribution in [0.15, 0.2) is 17.0 Å². The molecule has 0 atom stereocenters. The lowest BCUT2D eigenvalue weighted by molar-refractivity contribution is 0.281. The van der Waals surface area contributed by atoms with E-state index in [9.17, 15) is 12.8 Å². The molecule has 0 radical (unpaired) electrons. The van der Waals surface area contributed by atoms with Crippen molar-refractivity contribution in [2.24, 2.45) is 5.92 Å².